The van der Waals surface area contributed by atoms with Gasteiger partial charge in [-0.3, -0.25) is 22.9 Å². The Bertz CT molecular complexity index is 1780. The van der Waals surface area contributed by atoms with Crippen molar-refractivity contribution in [2.75, 3.05) is 43.2 Å². The average molecular weight is 847 g/mol. The summed E-state index contributed by atoms with van der Waals surface area (Å²) in [5, 5.41) is 14.3. The molecule has 0 atom stereocenters. The van der Waals surface area contributed by atoms with Gasteiger partial charge in [0, 0.05) is 18.7 Å². The number of carbonyl (C=O) groups is 1. The van der Waals surface area contributed by atoms with Crippen molar-refractivity contribution in [3.8, 4) is 17.2 Å². The maximum absolute atomic E-state index is 14.5. The molecule has 0 aromatic heterocycles. The van der Waals surface area contributed by atoms with Crippen LogP contribution in [0.1, 0.15) is 143 Å². The van der Waals surface area contributed by atoms with Crippen LogP contribution in [-0.2, 0) is 27.2 Å². The molecule has 0 saturated heterocycles. The van der Waals surface area contributed by atoms with Gasteiger partial charge in [0.25, 0.3) is 5.91 Å². The highest BCUT2D eigenvalue weighted by molar-refractivity contribution is 7.49. The van der Waals surface area contributed by atoms with Gasteiger partial charge in [0.15, 0.2) is 5.75 Å². The van der Waals surface area contributed by atoms with Crippen LogP contribution in [0.4, 0.5) is 17.1 Å². The molecule has 2 aromatic carbocycles. The normalized spacial score (nSPS) is 13.4. The van der Waals surface area contributed by atoms with Crippen molar-refractivity contribution in [1.82, 2.24) is 0 Å². The first-order chi connectivity index (χ1) is 27.8. The third-order valence-electron chi connectivity index (χ3n) is 9.28. The molecule has 12 nitrogen and oxygen atoms in total. The smallest absolute Gasteiger partial charge is 0.506 e. The second kappa shape index (κ2) is 25.3. The van der Waals surface area contributed by atoms with E-state index in [4.69, 9.17) is 27.1 Å². The molecule has 3 rings (SSSR count). The van der Waals surface area contributed by atoms with E-state index in [1.54, 1.807) is 12.1 Å². The van der Waals surface area contributed by atoms with Crippen LogP contribution < -0.4 is 19.3 Å². The van der Waals surface area contributed by atoms with Crippen LogP contribution in [0, 0.1) is 0 Å². The van der Waals surface area contributed by atoms with Crippen LogP contribution in [0.15, 0.2) is 65.3 Å². The number of unbranched alkanes of at least 4 members (excludes halogenated alkanes) is 4. The van der Waals surface area contributed by atoms with E-state index in [0.29, 0.717) is 25.7 Å². The van der Waals surface area contributed by atoms with E-state index < -0.39 is 21.6 Å². The standard InChI is InChI=1S/C44H68N2O10P2/c1-9-13-28-51-57(49,52-29-14-10-2)55-37-32-39-43(41(33-37)56-58(50,53-30-15-11-3)54-31-16-12-4)45-42-38(24-19-25-40(42)47)44(48)46(39)27-26-36(8)23-18-22-35(7)21-17-20-34(5)6/h19-20,22,24-26,32-33,45,47H,9-18,21,23,27-31H2,1-8H3/b35-22+,36-26+. The highest BCUT2D eigenvalue weighted by Gasteiger charge is 2.37. The molecule has 2 aromatic rings. The molecule has 1 amide bonds. The number of nitrogens with zero attached hydrogens (tertiary/aromatic N) is 1. The van der Waals surface area contributed by atoms with Gasteiger partial charge < -0.3 is 24.4 Å². The lowest BCUT2D eigenvalue weighted by Gasteiger charge is -2.26. The Kier molecular flexibility index (Phi) is 21.4. The highest BCUT2D eigenvalue weighted by atomic mass is 31.2. The fourth-order valence-electron chi connectivity index (χ4n) is 5.75. The number of phenols is 1. The number of phosphoric ester groups is 2. The zero-order chi connectivity index (χ0) is 42.6. The molecule has 0 unspecified atom stereocenters. The van der Waals surface area contributed by atoms with Gasteiger partial charge in [0.05, 0.1) is 43.4 Å². The Hall–Kier alpha value is -3.37. The third kappa shape index (κ3) is 16.0. The van der Waals surface area contributed by atoms with Crippen LogP contribution in [0.3, 0.4) is 0 Å². The van der Waals surface area contributed by atoms with Gasteiger partial charge in [-0.15, -0.1) is 0 Å². The number of allylic oxidation sites excluding steroid dienone is 5. The molecular formula is C44H68N2O10P2. The van der Waals surface area contributed by atoms with Crippen LogP contribution in [0.2, 0.25) is 0 Å². The maximum Gasteiger partial charge on any atom is 0.530 e. The first-order valence-electron chi connectivity index (χ1n) is 21.0. The first-order valence-corrected chi connectivity index (χ1v) is 23.9. The Morgan fingerprint density at radius 1 is 0.707 bits per heavy atom. The SMILES string of the molecule is CCCCOP(=O)(OCCCC)Oc1cc(OP(=O)(OCCCC)OCCCC)c2c(c1)N(C/C=C(\C)CC/C=C(\C)CCC=C(C)C)C(=O)c1cccc(O)c1N2. The van der Waals surface area contributed by atoms with Crippen molar-refractivity contribution >= 4 is 38.6 Å². The Morgan fingerprint density at radius 2 is 1.22 bits per heavy atom. The molecule has 0 bridgehead atoms. The minimum Gasteiger partial charge on any atom is -0.506 e. The monoisotopic (exact) mass is 846 g/mol. The number of fused-ring (bicyclic) bond motifs is 2. The number of aromatic hydroxyl groups is 1. The van der Waals surface area contributed by atoms with Gasteiger partial charge in [-0.2, -0.15) is 0 Å². The van der Waals surface area contributed by atoms with E-state index in [2.05, 4.69) is 38.2 Å². The summed E-state index contributed by atoms with van der Waals surface area (Å²) < 4.78 is 64.0. The summed E-state index contributed by atoms with van der Waals surface area (Å²) in [5.74, 6) is -0.714. The summed E-state index contributed by atoms with van der Waals surface area (Å²) in [6.07, 6.45) is 15.8. The number of phosphoric acid groups is 2. The quantitative estimate of drug-likeness (QED) is 0.0366. The Labute approximate surface area is 347 Å². The van der Waals surface area contributed by atoms with Crippen LogP contribution >= 0.6 is 15.6 Å². The molecule has 0 radical (unpaired) electrons. The van der Waals surface area contributed by atoms with Crippen LogP contribution in [0.5, 0.6) is 17.2 Å². The number of nitrogens with one attached hydrogen (secondary N) is 1. The zero-order valence-corrected chi connectivity index (χ0v) is 37.9. The summed E-state index contributed by atoms with van der Waals surface area (Å²) in [5.41, 5.74) is 4.47. The van der Waals surface area contributed by atoms with Crippen LogP contribution in [0.25, 0.3) is 0 Å². The lowest BCUT2D eigenvalue weighted by atomic mass is 10.1. The fraction of sp³-hybridized carbons (Fsp3) is 0.568. The summed E-state index contributed by atoms with van der Waals surface area (Å²) in [7, 11) is -8.48. The number of amides is 1. The summed E-state index contributed by atoms with van der Waals surface area (Å²) >= 11 is 0. The summed E-state index contributed by atoms with van der Waals surface area (Å²) in [6.45, 7) is 16.9. The second-order valence-electron chi connectivity index (χ2n) is 14.8. The molecule has 0 fully saturated rings. The van der Waals surface area contributed by atoms with Crippen molar-refractivity contribution in [3.63, 3.8) is 0 Å². The topological polar surface area (TPSA) is 142 Å². The van der Waals surface area contributed by atoms with Crippen molar-refractivity contribution in [3.05, 3.63) is 70.8 Å². The average Bonchev–Trinajstić information content (AvgIpc) is 3.28. The number of hydrogen-bond donors (Lipinski definition) is 2. The van der Waals surface area contributed by atoms with Gasteiger partial charge in [0.1, 0.15) is 17.2 Å². The van der Waals surface area contributed by atoms with Gasteiger partial charge in [0.2, 0.25) is 0 Å². The van der Waals surface area contributed by atoms with E-state index in [-0.39, 0.29) is 72.8 Å². The number of benzene rings is 2. The largest absolute Gasteiger partial charge is 0.530 e. The number of carbonyl (C=O) groups excluding carboxylic acids is 1. The molecule has 324 valence electrons. The number of rotatable bonds is 28. The third-order valence-corrected chi connectivity index (χ3v) is 12.1. The molecule has 1 aliphatic rings. The molecule has 0 saturated carbocycles. The summed E-state index contributed by atoms with van der Waals surface area (Å²) in [6, 6.07) is 7.61. The van der Waals surface area contributed by atoms with Gasteiger partial charge >= 0.3 is 15.6 Å². The van der Waals surface area contributed by atoms with Crippen LogP contribution in [-0.4, -0.2) is 44.0 Å². The highest BCUT2D eigenvalue weighted by Crippen LogP contribution is 2.57. The number of anilines is 3. The van der Waals surface area contributed by atoms with E-state index in [0.717, 1.165) is 56.9 Å². The molecule has 0 spiro atoms. The van der Waals surface area contributed by atoms with Crippen molar-refractivity contribution in [2.45, 2.75) is 132 Å². The van der Waals surface area contributed by atoms with Crippen molar-refractivity contribution < 1.29 is 46.2 Å². The zero-order valence-electron chi connectivity index (χ0n) is 36.1. The Morgan fingerprint density at radius 3 is 1.76 bits per heavy atom. The predicted molar refractivity (Wildman–Crippen MR) is 235 cm³/mol. The van der Waals surface area contributed by atoms with E-state index in [1.165, 1.54) is 34.2 Å². The first kappa shape index (κ1) is 49.0. The van der Waals surface area contributed by atoms with E-state index in [1.807, 2.05) is 40.7 Å². The van der Waals surface area contributed by atoms with Gasteiger partial charge in [-0.25, -0.2) is 9.13 Å². The lowest BCUT2D eigenvalue weighted by Crippen LogP contribution is -2.30. The molecule has 0 aliphatic carbocycles. The molecule has 1 heterocycles. The fourth-order valence-corrected chi connectivity index (χ4v) is 8.27. The van der Waals surface area contributed by atoms with E-state index >= 15 is 0 Å². The minimum absolute atomic E-state index is 0.0250. The number of phenolic OH excluding ortho intramolecular Hbond substituents is 1. The van der Waals surface area contributed by atoms with Crippen molar-refractivity contribution in [1.29, 1.82) is 0 Å². The number of hydrogen-bond acceptors (Lipinski definition) is 11. The second-order valence-corrected chi connectivity index (χ2v) is 18.0. The molecule has 14 heteroatoms. The van der Waals surface area contributed by atoms with Gasteiger partial charge in [-0.05, 0) is 91.2 Å². The lowest BCUT2D eigenvalue weighted by molar-refractivity contribution is 0.0990. The predicted octanol–water partition coefficient (Wildman–Crippen LogP) is 13.8. The minimum atomic E-state index is -4.28. The van der Waals surface area contributed by atoms with E-state index in [9.17, 15) is 19.0 Å². The molecule has 1 aliphatic heterocycles. The van der Waals surface area contributed by atoms with Gasteiger partial charge in [-0.1, -0.05) is 94.4 Å². The van der Waals surface area contributed by atoms with Crippen molar-refractivity contribution in [2.24, 2.45) is 0 Å². The molecular weight excluding hydrogens is 778 g/mol. The summed E-state index contributed by atoms with van der Waals surface area (Å²) in [4.78, 5) is 16.1. The molecule has 2 N–H and O–H groups in total. The maximum atomic E-state index is 14.5. The Balaban J connectivity index is 2.19. The number of para-hydroxylation sites is 1. The molecule has 58 heavy (non-hydrogen) atoms.